The van der Waals surface area contributed by atoms with Gasteiger partial charge in [-0.05, 0) is 49.1 Å². The summed E-state index contributed by atoms with van der Waals surface area (Å²) in [7, 11) is 1.75. The van der Waals surface area contributed by atoms with Crippen LogP contribution in [0.2, 0.25) is 0 Å². The fourth-order valence-electron chi connectivity index (χ4n) is 3.44. The molecule has 162 valence electrons. The SMILES string of the molecule is CN(C(=O)NCCc1cccc(OC(F)(F)F)c1)[C@@H]1CCCN(c2cccnn2)C1. The molecule has 1 aromatic heterocycles. The van der Waals surface area contributed by atoms with Crippen molar-refractivity contribution < 1.29 is 22.7 Å². The number of piperidine rings is 1. The van der Waals surface area contributed by atoms with E-state index in [1.54, 1.807) is 24.2 Å². The quantitative estimate of drug-likeness (QED) is 0.773. The van der Waals surface area contributed by atoms with Gasteiger partial charge in [-0.1, -0.05) is 12.1 Å². The van der Waals surface area contributed by atoms with E-state index in [9.17, 15) is 18.0 Å². The molecule has 0 saturated carbocycles. The van der Waals surface area contributed by atoms with Gasteiger partial charge < -0.3 is 19.9 Å². The number of aromatic nitrogens is 2. The van der Waals surface area contributed by atoms with Gasteiger partial charge in [-0.25, -0.2) is 4.79 Å². The van der Waals surface area contributed by atoms with E-state index in [1.165, 1.54) is 18.2 Å². The molecule has 30 heavy (non-hydrogen) atoms. The molecular formula is C20H24F3N5O2. The molecule has 2 aromatic rings. The normalized spacial score (nSPS) is 16.8. The summed E-state index contributed by atoms with van der Waals surface area (Å²) < 4.78 is 40.9. The number of nitrogens with one attached hydrogen (secondary N) is 1. The molecule has 1 aliphatic heterocycles. The Hall–Kier alpha value is -3.04. The molecule has 1 N–H and O–H groups in total. The zero-order valence-corrected chi connectivity index (χ0v) is 16.6. The molecule has 0 radical (unpaired) electrons. The minimum atomic E-state index is -4.73. The molecule has 2 amide bonds. The molecule has 3 rings (SSSR count). The molecular weight excluding hydrogens is 399 g/mol. The van der Waals surface area contributed by atoms with Crippen molar-refractivity contribution in [2.24, 2.45) is 0 Å². The van der Waals surface area contributed by atoms with Crippen molar-refractivity contribution in [2.75, 3.05) is 31.6 Å². The van der Waals surface area contributed by atoms with Crippen LogP contribution in [0.15, 0.2) is 42.6 Å². The molecule has 1 aliphatic rings. The fourth-order valence-corrected chi connectivity index (χ4v) is 3.44. The minimum Gasteiger partial charge on any atom is -0.406 e. The Labute approximate surface area is 172 Å². The van der Waals surface area contributed by atoms with Gasteiger partial charge in [-0.2, -0.15) is 5.10 Å². The number of amides is 2. The van der Waals surface area contributed by atoms with Crippen LogP contribution < -0.4 is 15.0 Å². The molecule has 1 fully saturated rings. The van der Waals surface area contributed by atoms with Gasteiger partial charge in [0.05, 0.1) is 6.04 Å². The smallest absolute Gasteiger partial charge is 0.406 e. The summed E-state index contributed by atoms with van der Waals surface area (Å²) in [5, 5.41) is 10.9. The van der Waals surface area contributed by atoms with Crippen LogP contribution in [0.3, 0.4) is 0 Å². The first kappa shape index (κ1) is 21.7. The van der Waals surface area contributed by atoms with E-state index in [0.29, 0.717) is 25.1 Å². The summed E-state index contributed by atoms with van der Waals surface area (Å²) in [5.74, 6) is 0.520. The molecule has 2 heterocycles. The molecule has 0 spiro atoms. The highest BCUT2D eigenvalue weighted by molar-refractivity contribution is 5.74. The number of hydrogen-bond acceptors (Lipinski definition) is 5. The second-order valence-electron chi connectivity index (χ2n) is 7.11. The maximum absolute atomic E-state index is 12.5. The Morgan fingerprint density at radius 3 is 2.90 bits per heavy atom. The van der Waals surface area contributed by atoms with Gasteiger partial charge in [0.25, 0.3) is 0 Å². The number of anilines is 1. The van der Waals surface area contributed by atoms with Gasteiger partial charge in [0.1, 0.15) is 5.75 Å². The van der Waals surface area contributed by atoms with E-state index < -0.39 is 6.36 Å². The zero-order valence-electron chi connectivity index (χ0n) is 16.6. The van der Waals surface area contributed by atoms with E-state index in [1.807, 2.05) is 12.1 Å². The number of carbonyl (C=O) groups is 1. The van der Waals surface area contributed by atoms with Crippen LogP contribution in [-0.2, 0) is 6.42 Å². The summed E-state index contributed by atoms with van der Waals surface area (Å²) >= 11 is 0. The number of carbonyl (C=O) groups excluding carboxylic acids is 1. The van der Waals surface area contributed by atoms with Crippen molar-refractivity contribution in [1.29, 1.82) is 0 Å². The summed E-state index contributed by atoms with van der Waals surface area (Å²) in [5.41, 5.74) is 0.645. The molecule has 0 aliphatic carbocycles. The van der Waals surface area contributed by atoms with Crippen LogP contribution in [0.25, 0.3) is 0 Å². The van der Waals surface area contributed by atoms with Crippen LogP contribution in [0.5, 0.6) is 5.75 Å². The lowest BCUT2D eigenvalue weighted by atomic mass is 10.0. The highest BCUT2D eigenvalue weighted by Gasteiger charge is 2.31. The average molecular weight is 423 g/mol. The standard InChI is InChI=1S/C20H24F3N5O2/c1-27(16-6-4-12-28(14-16)18-8-3-10-25-26-18)19(29)24-11-9-15-5-2-7-17(13-15)30-20(21,22)23/h2-3,5,7-8,10,13,16H,4,6,9,11-12,14H2,1H3,(H,24,29)/t16-/m1/s1. The maximum atomic E-state index is 12.5. The number of alkyl halides is 3. The van der Waals surface area contributed by atoms with Crippen molar-refractivity contribution in [3.05, 3.63) is 48.2 Å². The van der Waals surface area contributed by atoms with E-state index >= 15 is 0 Å². The number of ether oxygens (including phenoxy) is 1. The lowest BCUT2D eigenvalue weighted by Gasteiger charge is -2.37. The lowest BCUT2D eigenvalue weighted by molar-refractivity contribution is -0.274. The first-order valence-electron chi connectivity index (χ1n) is 9.70. The van der Waals surface area contributed by atoms with E-state index in [0.717, 1.165) is 25.2 Å². The number of urea groups is 1. The third-order valence-corrected chi connectivity index (χ3v) is 4.97. The monoisotopic (exact) mass is 423 g/mol. The number of likely N-dealkylation sites (N-methyl/N-ethyl adjacent to an activating group) is 1. The lowest BCUT2D eigenvalue weighted by Crippen LogP contribution is -2.51. The molecule has 1 aromatic carbocycles. The highest BCUT2D eigenvalue weighted by atomic mass is 19.4. The average Bonchev–Trinajstić information content (AvgIpc) is 2.73. The Kier molecular flexibility index (Phi) is 6.96. The Morgan fingerprint density at radius 2 is 2.17 bits per heavy atom. The Balaban J connectivity index is 1.48. The second kappa shape index (κ2) is 9.64. The summed E-state index contributed by atoms with van der Waals surface area (Å²) in [6.07, 6.45) is -0.891. The molecule has 0 unspecified atom stereocenters. The Bertz CT molecular complexity index is 835. The van der Waals surface area contributed by atoms with Crippen LogP contribution in [0.1, 0.15) is 18.4 Å². The van der Waals surface area contributed by atoms with Crippen molar-refractivity contribution in [3.63, 3.8) is 0 Å². The maximum Gasteiger partial charge on any atom is 0.573 e. The molecule has 1 atom stereocenters. The number of nitrogens with zero attached hydrogens (tertiary/aromatic N) is 4. The zero-order chi connectivity index (χ0) is 21.6. The first-order valence-corrected chi connectivity index (χ1v) is 9.70. The number of benzene rings is 1. The van der Waals surface area contributed by atoms with Gasteiger partial charge in [0.15, 0.2) is 5.82 Å². The van der Waals surface area contributed by atoms with E-state index in [2.05, 4.69) is 25.2 Å². The van der Waals surface area contributed by atoms with Crippen LogP contribution in [-0.4, -0.2) is 60.2 Å². The van der Waals surface area contributed by atoms with Crippen molar-refractivity contribution in [2.45, 2.75) is 31.7 Å². The van der Waals surface area contributed by atoms with Crippen molar-refractivity contribution >= 4 is 11.8 Å². The fraction of sp³-hybridized carbons (Fsp3) is 0.450. The van der Waals surface area contributed by atoms with Crippen molar-refractivity contribution in [3.8, 4) is 5.75 Å². The third kappa shape index (κ3) is 6.23. The molecule has 0 bridgehead atoms. The first-order chi connectivity index (χ1) is 14.3. The van der Waals surface area contributed by atoms with Crippen LogP contribution in [0.4, 0.5) is 23.8 Å². The van der Waals surface area contributed by atoms with E-state index in [4.69, 9.17) is 0 Å². The van der Waals surface area contributed by atoms with Gasteiger partial charge in [-0.3, -0.25) is 0 Å². The van der Waals surface area contributed by atoms with Gasteiger partial charge in [0.2, 0.25) is 0 Å². The predicted octanol–water partition coefficient (Wildman–Crippen LogP) is 3.23. The molecule has 1 saturated heterocycles. The largest absolute Gasteiger partial charge is 0.573 e. The predicted molar refractivity (Wildman–Crippen MR) is 105 cm³/mol. The number of halogens is 3. The van der Waals surface area contributed by atoms with Gasteiger partial charge >= 0.3 is 12.4 Å². The number of rotatable bonds is 6. The summed E-state index contributed by atoms with van der Waals surface area (Å²) in [6, 6.07) is 9.29. The topological polar surface area (TPSA) is 70.6 Å². The van der Waals surface area contributed by atoms with Gasteiger partial charge in [0, 0.05) is 32.9 Å². The summed E-state index contributed by atoms with van der Waals surface area (Å²) in [6.45, 7) is 1.83. The second-order valence-corrected chi connectivity index (χ2v) is 7.11. The number of hydrogen-bond donors (Lipinski definition) is 1. The van der Waals surface area contributed by atoms with Crippen LogP contribution >= 0.6 is 0 Å². The third-order valence-electron chi connectivity index (χ3n) is 4.97. The van der Waals surface area contributed by atoms with Gasteiger partial charge in [-0.15, -0.1) is 18.3 Å². The molecule has 7 nitrogen and oxygen atoms in total. The van der Waals surface area contributed by atoms with Crippen molar-refractivity contribution in [1.82, 2.24) is 20.4 Å². The summed E-state index contributed by atoms with van der Waals surface area (Å²) in [4.78, 5) is 16.3. The van der Waals surface area contributed by atoms with E-state index in [-0.39, 0.29) is 17.8 Å². The highest BCUT2D eigenvalue weighted by Crippen LogP contribution is 2.23. The Morgan fingerprint density at radius 1 is 1.33 bits per heavy atom. The minimum absolute atomic E-state index is 0.0317. The molecule has 10 heteroatoms. The van der Waals surface area contributed by atoms with Crippen LogP contribution in [0, 0.1) is 0 Å².